The highest BCUT2D eigenvalue weighted by Gasteiger charge is 2.24. The van der Waals surface area contributed by atoms with Crippen LogP contribution in [0.5, 0.6) is 0 Å². The average Bonchev–Trinajstić information content (AvgIpc) is 2.62. The molecule has 0 aliphatic carbocycles. The van der Waals surface area contributed by atoms with Gasteiger partial charge in [0.05, 0.1) is 19.6 Å². The number of esters is 1. The van der Waals surface area contributed by atoms with E-state index in [4.69, 9.17) is 5.73 Å². The second-order valence-electron chi connectivity index (χ2n) is 6.66. The maximum absolute atomic E-state index is 14.1. The lowest BCUT2D eigenvalue weighted by atomic mass is 10.1. The molecule has 1 atom stereocenters. The van der Waals surface area contributed by atoms with E-state index < -0.39 is 12.0 Å². The number of amides is 1. The molecule has 1 amide bonds. The molecule has 0 aromatic heterocycles. The zero-order valence-corrected chi connectivity index (χ0v) is 16.1. The Kier molecular flexibility index (Phi) is 9.88. The summed E-state index contributed by atoms with van der Waals surface area (Å²) in [4.78, 5) is 25.6. The normalized spacial score (nSPS) is 11.9. The molecule has 146 valence electrons. The fourth-order valence-corrected chi connectivity index (χ4v) is 2.79. The summed E-state index contributed by atoms with van der Waals surface area (Å²) in [7, 11) is 1.26. The largest absolute Gasteiger partial charge is 0.469 e. The molecule has 0 unspecified atom stereocenters. The van der Waals surface area contributed by atoms with Crippen molar-refractivity contribution in [2.24, 2.45) is 5.73 Å². The number of ether oxygens (including phenoxy) is 1. The number of nitrogens with two attached hydrogens (primary N) is 1. The van der Waals surface area contributed by atoms with E-state index in [1.807, 2.05) is 6.92 Å². The summed E-state index contributed by atoms with van der Waals surface area (Å²) in [6.45, 7) is 4.66. The van der Waals surface area contributed by atoms with E-state index in [9.17, 15) is 14.0 Å². The molecule has 0 radical (unpaired) electrons. The van der Waals surface area contributed by atoms with Crippen LogP contribution in [0.4, 0.5) is 4.39 Å². The minimum atomic E-state index is -0.981. The summed E-state index contributed by atoms with van der Waals surface area (Å²) >= 11 is 0. The molecule has 0 spiro atoms. The molecule has 0 saturated heterocycles. The van der Waals surface area contributed by atoms with Gasteiger partial charge >= 0.3 is 5.97 Å². The van der Waals surface area contributed by atoms with Crippen molar-refractivity contribution in [1.82, 2.24) is 4.90 Å². The number of carbonyl (C=O) groups excluding carboxylic acids is 2. The van der Waals surface area contributed by atoms with Crippen molar-refractivity contribution < 1.29 is 18.7 Å². The van der Waals surface area contributed by atoms with Crippen molar-refractivity contribution in [2.75, 3.05) is 13.7 Å². The van der Waals surface area contributed by atoms with Gasteiger partial charge in [-0.05, 0) is 19.4 Å². The summed E-state index contributed by atoms with van der Waals surface area (Å²) in [6, 6.07) is 3.85. The fourth-order valence-electron chi connectivity index (χ4n) is 2.79. The smallest absolute Gasteiger partial charge is 0.307 e. The molecule has 0 bridgehead atoms. The van der Waals surface area contributed by atoms with E-state index in [2.05, 4.69) is 11.7 Å². The molecule has 26 heavy (non-hydrogen) atoms. The summed E-state index contributed by atoms with van der Waals surface area (Å²) < 4.78 is 18.7. The number of carbonyl (C=O) groups is 2. The van der Waals surface area contributed by atoms with Crippen molar-refractivity contribution >= 4 is 11.9 Å². The fraction of sp³-hybridized carbons (Fsp3) is 0.600. The van der Waals surface area contributed by atoms with Gasteiger partial charge in [-0.25, -0.2) is 4.39 Å². The summed E-state index contributed by atoms with van der Waals surface area (Å²) in [5.41, 5.74) is 7.26. The Balaban J connectivity index is 2.81. The number of nitrogens with zero attached hydrogens (tertiary/aromatic N) is 1. The topological polar surface area (TPSA) is 72.6 Å². The van der Waals surface area contributed by atoms with E-state index >= 15 is 0 Å². The molecular formula is C20H31FN2O3. The van der Waals surface area contributed by atoms with Gasteiger partial charge in [-0.1, -0.05) is 50.3 Å². The first-order chi connectivity index (χ1) is 12.4. The first kappa shape index (κ1) is 22.1. The Hall–Kier alpha value is -1.95. The SMILES string of the molecule is CCCCCCCN(Cc1cc(C)ccc1F)C(=O)[C@@H](N)CC(=O)OC. The van der Waals surface area contributed by atoms with Crippen LogP contribution in [0.3, 0.4) is 0 Å². The van der Waals surface area contributed by atoms with Gasteiger partial charge in [0, 0.05) is 18.7 Å². The third-order valence-corrected chi connectivity index (χ3v) is 4.34. The van der Waals surface area contributed by atoms with Crippen LogP contribution in [0.25, 0.3) is 0 Å². The minimum Gasteiger partial charge on any atom is -0.469 e. The number of hydrogen-bond donors (Lipinski definition) is 1. The Morgan fingerprint density at radius 2 is 1.92 bits per heavy atom. The van der Waals surface area contributed by atoms with Crippen LogP contribution in [-0.4, -0.2) is 36.5 Å². The maximum Gasteiger partial charge on any atom is 0.307 e. The number of aryl methyl sites for hydroxylation is 1. The summed E-state index contributed by atoms with van der Waals surface area (Å²) in [5, 5.41) is 0. The molecule has 0 fully saturated rings. The van der Waals surface area contributed by atoms with Gasteiger partial charge in [-0.15, -0.1) is 0 Å². The van der Waals surface area contributed by atoms with E-state index in [-0.39, 0.29) is 24.7 Å². The lowest BCUT2D eigenvalue weighted by molar-refractivity contribution is -0.144. The van der Waals surface area contributed by atoms with Gasteiger partial charge in [0.2, 0.25) is 5.91 Å². The van der Waals surface area contributed by atoms with Gasteiger partial charge in [0.25, 0.3) is 0 Å². The number of methoxy groups -OCH3 is 1. The first-order valence-electron chi connectivity index (χ1n) is 9.25. The van der Waals surface area contributed by atoms with Crippen LogP contribution in [0.1, 0.15) is 56.6 Å². The predicted octanol–water partition coefficient (Wildman–Crippen LogP) is 3.32. The van der Waals surface area contributed by atoms with Gasteiger partial charge in [-0.3, -0.25) is 9.59 Å². The maximum atomic E-state index is 14.1. The molecular weight excluding hydrogens is 335 g/mol. The van der Waals surface area contributed by atoms with Gasteiger partial charge in [0.1, 0.15) is 5.82 Å². The zero-order chi connectivity index (χ0) is 19.5. The number of hydrogen-bond acceptors (Lipinski definition) is 4. The van der Waals surface area contributed by atoms with E-state index in [1.165, 1.54) is 13.2 Å². The van der Waals surface area contributed by atoms with Crippen LogP contribution < -0.4 is 5.73 Å². The van der Waals surface area contributed by atoms with Gasteiger partial charge < -0.3 is 15.4 Å². The lowest BCUT2D eigenvalue weighted by Crippen LogP contribution is -2.45. The molecule has 5 nitrogen and oxygen atoms in total. The minimum absolute atomic E-state index is 0.148. The third-order valence-electron chi connectivity index (χ3n) is 4.34. The molecule has 0 aliphatic heterocycles. The first-order valence-corrected chi connectivity index (χ1v) is 9.25. The molecule has 2 N–H and O–H groups in total. The van der Waals surface area contributed by atoms with Crippen LogP contribution >= 0.6 is 0 Å². The highest BCUT2D eigenvalue weighted by Crippen LogP contribution is 2.15. The number of unbranched alkanes of at least 4 members (excludes halogenated alkanes) is 4. The van der Waals surface area contributed by atoms with E-state index in [1.54, 1.807) is 17.0 Å². The highest BCUT2D eigenvalue weighted by molar-refractivity contribution is 5.86. The van der Waals surface area contributed by atoms with Crippen molar-refractivity contribution in [3.05, 3.63) is 35.1 Å². The number of halogens is 1. The molecule has 0 heterocycles. The standard InChI is InChI=1S/C20H31FN2O3/c1-4-5-6-7-8-11-23(20(25)18(22)13-19(24)26-3)14-16-12-15(2)9-10-17(16)21/h9-10,12,18H,4-8,11,13-14,22H2,1-3H3/t18-/m0/s1. The molecule has 6 heteroatoms. The molecule has 1 rings (SSSR count). The summed E-state index contributed by atoms with van der Waals surface area (Å²) in [6.07, 6.45) is 5.04. The monoisotopic (exact) mass is 366 g/mol. The Morgan fingerprint density at radius 1 is 1.23 bits per heavy atom. The lowest BCUT2D eigenvalue weighted by Gasteiger charge is -2.26. The van der Waals surface area contributed by atoms with E-state index in [0.717, 1.165) is 37.7 Å². The van der Waals surface area contributed by atoms with Crippen LogP contribution in [0, 0.1) is 12.7 Å². The van der Waals surface area contributed by atoms with Crippen molar-refractivity contribution in [3.63, 3.8) is 0 Å². The second-order valence-corrected chi connectivity index (χ2v) is 6.66. The van der Waals surface area contributed by atoms with E-state index in [0.29, 0.717) is 12.1 Å². The summed E-state index contributed by atoms with van der Waals surface area (Å²) in [5.74, 6) is -1.23. The number of rotatable bonds is 11. The Bertz CT molecular complexity index is 592. The van der Waals surface area contributed by atoms with Crippen molar-refractivity contribution in [1.29, 1.82) is 0 Å². The van der Waals surface area contributed by atoms with Crippen molar-refractivity contribution in [3.8, 4) is 0 Å². The van der Waals surface area contributed by atoms with Crippen LogP contribution in [0.15, 0.2) is 18.2 Å². The molecule has 0 saturated carbocycles. The molecule has 1 aromatic carbocycles. The predicted molar refractivity (Wildman–Crippen MR) is 99.9 cm³/mol. The third kappa shape index (κ3) is 7.52. The Morgan fingerprint density at radius 3 is 2.58 bits per heavy atom. The zero-order valence-electron chi connectivity index (χ0n) is 16.1. The van der Waals surface area contributed by atoms with Crippen LogP contribution in [-0.2, 0) is 20.9 Å². The quantitative estimate of drug-likeness (QED) is 0.482. The molecule has 1 aromatic rings. The number of benzene rings is 1. The average molecular weight is 366 g/mol. The second kappa shape index (κ2) is 11.6. The van der Waals surface area contributed by atoms with Crippen LogP contribution in [0.2, 0.25) is 0 Å². The Labute approximate surface area is 155 Å². The van der Waals surface area contributed by atoms with Gasteiger partial charge in [0.15, 0.2) is 0 Å². The van der Waals surface area contributed by atoms with Crippen molar-refractivity contribution in [2.45, 2.75) is 65.0 Å². The van der Waals surface area contributed by atoms with Gasteiger partial charge in [-0.2, -0.15) is 0 Å². The highest BCUT2D eigenvalue weighted by atomic mass is 19.1. The molecule has 0 aliphatic rings.